The zero-order chi connectivity index (χ0) is 25.7. The average Bonchev–Trinajstić information content (AvgIpc) is 2.85. The molecule has 0 saturated carbocycles. The highest BCUT2D eigenvalue weighted by Gasteiger charge is 2.26. The van der Waals surface area contributed by atoms with Crippen LogP contribution in [0.3, 0.4) is 0 Å². The number of halogens is 3. The maximum Gasteiger partial charge on any atom is 0.261 e. The minimum absolute atomic E-state index is 0.0100. The monoisotopic (exact) mass is 610 g/mol. The Morgan fingerprint density at radius 3 is 2.36 bits per heavy atom. The lowest BCUT2D eigenvalue weighted by Gasteiger charge is -2.34. The van der Waals surface area contributed by atoms with Crippen molar-refractivity contribution in [3.8, 4) is 0 Å². The van der Waals surface area contributed by atoms with E-state index >= 15 is 0 Å². The standard InChI is InChI=1S/C26H25BrCl2N2O4S/c27-20-3-1-2-19(14-20)17-31(22-10-12-35-13-11-22)26(32)15-18-4-6-21(7-5-18)30-36(33,34)23-8-9-24(28)25(29)16-23/h1-9,14,16,22,30H,10-13,15,17H2. The lowest BCUT2D eigenvalue weighted by molar-refractivity contribution is -0.135. The molecule has 0 unspecified atom stereocenters. The van der Waals surface area contributed by atoms with E-state index in [0.29, 0.717) is 25.4 Å². The first-order valence-corrected chi connectivity index (χ1v) is 14.4. The molecule has 1 N–H and O–H groups in total. The van der Waals surface area contributed by atoms with E-state index in [0.717, 1.165) is 28.4 Å². The molecule has 3 aromatic rings. The molecule has 0 atom stereocenters. The molecule has 1 aliphatic heterocycles. The number of benzene rings is 3. The summed E-state index contributed by atoms with van der Waals surface area (Å²) < 4.78 is 34.4. The number of amides is 1. The molecule has 1 saturated heterocycles. The van der Waals surface area contributed by atoms with Gasteiger partial charge < -0.3 is 9.64 Å². The van der Waals surface area contributed by atoms with Crippen molar-refractivity contribution in [1.82, 2.24) is 4.90 Å². The van der Waals surface area contributed by atoms with E-state index in [1.54, 1.807) is 24.3 Å². The van der Waals surface area contributed by atoms with Gasteiger partial charge in [-0.1, -0.05) is 63.4 Å². The SMILES string of the molecule is O=C(Cc1ccc(NS(=O)(=O)c2ccc(Cl)c(Cl)c2)cc1)N(Cc1cccc(Br)c1)C1CCOCC1. The second kappa shape index (κ2) is 12.0. The molecular formula is C26H25BrCl2N2O4S. The first-order valence-electron chi connectivity index (χ1n) is 11.4. The maximum absolute atomic E-state index is 13.4. The van der Waals surface area contributed by atoms with E-state index in [9.17, 15) is 13.2 Å². The largest absolute Gasteiger partial charge is 0.381 e. The number of nitrogens with one attached hydrogen (secondary N) is 1. The van der Waals surface area contributed by atoms with Gasteiger partial charge in [0.15, 0.2) is 0 Å². The van der Waals surface area contributed by atoms with Crippen LogP contribution in [0.15, 0.2) is 76.1 Å². The molecule has 1 fully saturated rings. The van der Waals surface area contributed by atoms with Crippen molar-refractivity contribution in [2.24, 2.45) is 0 Å². The third-order valence-electron chi connectivity index (χ3n) is 5.96. The first-order chi connectivity index (χ1) is 17.2. The molecule has 4 rings (SSSR count). The zero-order valence-corrected chi connectivity index (χ0v) is 23.2. The smallest absolute Gasteiger partial charge is 0.261 e. The highest BCUT2D eigenvalue weighted by Crippen LogP contribution is 2.26. The van der Waals surface area contributed by atoms with Gasteiger partial charge in [-0.25, -0.2) is 8.42 Å². The molecule has 0 aliphatic carbocycles. The third kappa shape index (κ3) is 7.01. The Hall–Kier alpha value is -2.10. The van der Waals surface area contributed by atoms with Crippen molar-refractivity contribution in [2.45, 2.75) is 36.7 Å². The minimum Gasteiger partial charge on any atom is -0.381 e. The molecule has 1 amide bonds. The molecule has 3 aromatic carbocycles. The second-order valence-corrected chi connectivity index (χ2v) is 12.0. The predicted octanol–water partition coefficient (Wildman–Crippen LogP) is 6.31. The fourth-order valence-corrected chi connectivity index (χ4v) is 5.97. The third-order valence-corrected chi connectivity index (χ3v) is 8.57. The zero-order valence-electron chi connectivity index (χ0n) is 19.3. The summed E-state index contributed by atoms with van der Waals surface area (Å²) in [6, 6.07) is 19.0. The van der Waals surface area contributed by atoms with Crippen LogP contribution in [-0.4, -0.2) is 38.5 Å². The molecule has 10 heteroatoms. The van der Waals surface area contributed by atoms with Gasteiger partial charge in [-0.05, 0) is 66.4 Å². The number of sulfonamides is 1. The van der Waals surface area contributed by atoms with Crippen LogP contribution < -0.4 is 4.72 Å². The van der Waals surface area contributed by atoms with Gasteiger partial charge in [0.2, 0.25) is 5.91 Å². The molecule has 36 heavy (non-hydrogen) atoms. The molecule has 190 valence electrons. The van der Waals surface area contributed by atoms with Crippen LogP contribution in [0.4, 0.5) is 5.69 Å². The first kappa shape index (κ1) is 26.9. The van der Waals surface area contributed by atoms with Gasteiger partial charge in [0.05, 0.1) is 21.4 Å². The van der Waals surface area contributed by atoms with E-state index in [-0.39, 0.29) is 33.3 Å². The van der Waals surface area contributed by atoms with Gasteiger partial charge in [-0.2, -0.15) is 0 Å². The van der Waals surface area contributed by atoms with Gasteiger partial charge in [-0.3, -0.25) is 9.52 Å². The number of carbonyl (C=O) groups excluding carboxylic acids is 1. The number of ether oxygens (including phenoxy) is 1. The van der Waals surface area contributed by atoms with Crippen LogP contribution in [0.25, 0.3) is 0 Å². The molecule has 6 nitrogen and oxygen atoms in total. The van der Waals surface area contributed by atoms with Crippen LogP contribution in [0.1, 0.15) is 24.0 Å². The number of rotatable bonds is 8. The number of nitrogens with zero attached hydrogens (tertiary/aromatic N) is 1. The molecule has 0 spiro atoms. The minimum atomic E-state index is -3.84. The van der Waals surface area contributed by atoms with Crippen LogP contribution in [-0.2, 0) is 32.5 Å². The summed E-state index contributed by atoms with van der Waals surface area (Å²) in [6.45, 7) is 1.80. The second-order valence-electron chi connectivity index (χ2n) is 8.55. The van der Waals surface area contributed by atoms with Crippen LogP contribution in [0.5, 0.6) is 0 Å². The number of anilines is 1. The molecular weight excluding hydrogens is 587 g/mol. The summed E-state index contributed by atoms with van der Waals surface area (Å²) in [5, 5.41) is 0.435. The molecule has 1 aliphatic rings. The summed E-state index contributed by atoms with van der Waals surface area (Å²) in [5.41, 5.74) is 2.23. The van der Waals surface area contributed by atoms with E-state index < -0.39 is 10.0 Å². The van der Waals surface area contributed by atoms with Crippen molar-refractivity contribution in [1.29, 1.82) is 0 Å². The Balaban J connectivity index is 1.46. The summed E-state index contributed by atoms with van der Waals surface area (Å²) in [7, 11) is -3.84. The summed E-state index contributed by atoms with van der Waals surface area (Å²) in [4.78, 5) is 15.3. The Bertz CT molecular complexity index is 1330. The Morgan fingerprint density at radius 1 is 0.972 bits per heavy atom. The lowest BCUT2D eigenvalue weighted by Crippen LogP contribution is -2.43. The number of carbonyl (C=O) groups is 1. The Labute approximate surface area is 229 Å². The predicted molar refractivity (Wildman–Crippen MR) is 146 cm³/mol. The highest BCUT2D eigenvalue weighted by atomic mass is 79.9. The van der Waals surface area contributed by atoms with Crippen LogP contribution in [0.2, 0.25) is 10.0 Å². The molecule has 0 aromatic heterocycles. The number of hydrogen-bond donors (Lipinski definition) is 1. The van der Waals surface area contributed by atoms with Gasteiger partial charge in [0.1, 0.15) is 0 Å². The van der Waals surface area contributed by atoms with Crippen LogP contribution >= 0.6 is 39.1 Å². The van der Waals surface area contributed by atoms with Crippen molar-refractivity contribution >= 4 is 60.7 Å². The topological polar surface area (TPSA) is 75.7 Å². The normalized spacial score (nSPS) is 14.4. The lowest BCUT2D eigenvalue weighted by atomic mass is 10.0. The Kier molecular flexibility index (Phi) is 8.96. The van der Waals surface area contributed by atoms with Crippen molar-refractivity contribution in [3.05, 3.63) is 92.4 Å². The molecule has 1 heterocycles. The quantitative estimate of drug-likeness (QED) is 0.324. The van der Waals surface area contributed by atoms with Gasteiger partial charge in [0.25, 0.3) is 10.0 Å². The van der Waals surface area contributed by atoms with Crippen LogP contribution in [0, 0.1) is 0 Å². The summed E-state index contributed by atoms with van der Waals surface area (Å²) in [6.07, 6.45) is 1.82. The van der Waals surface area contributed by atoms with Gasteiger partial charge >= 0.3 is 0 Å². The fraction of sp³-hybridized carbons (Fsp3) is 0.269. The summed E-state index contributed by atoms with van der Waals surface area (Å²) >= 11 is 15.4. The van der Waals surface area contributed by atoms with Crippen molar-refractivity contribution in [2.75, 3.05) is 17.9 Å². The van der Waals surface area contributed by atoms with E-state index in [2.05, 4.69) is 20.7 Å². The van der Waals surface area contributed by atoms with Crippen molar-refractivity contribution in [3.63, 3.8) is 0 Å². The van der Waals surface area contributed by atoms with Gasteiger partial charge in [-0.15, -0.1) is 0 Å². The molecule has 0 radical (unpaired) electrons. The van der Waals surface area contributed by atoms with Gasteiger partial charge in [0, 0.05) is 36.0 Å². The highest BCUT2D eigenvalue weighted by molar-refractivity contribution is 9.10. The average molecular weight is 612 g/mol. The number of hydrogen-bond acceptors (Lipinski definition) is 4. The Morgan fingerprint density at radius 2 is 1.69 bits per heavy atom. The van der Waals surface area contributed by atoms with Crippen molar-refractivity contribution < 1.29 is 17.9 Å². The van der Waals surface area contributed by atoms with E-state index in [1.807, 2.05) is 29.2 Å². The maximum atomic E-state index is 13.4. The van der Waals surface area contributed by atoms with E-state index in [1.165, 1.54) is 18.2 Å². The van der Waals surface area contributed by atoms with E-state index in [4.69, 9.17) is 27.9 Å². The molecule has 0 bridgehead atoms. The fourth-order valence-electron chi connectivity index (χ4n) is 4.07. The summed E-state index contributed by atoms with van der Waals surface area (Å²) in [5.74, 6) is 0.0195.